The number of rotatable bonds is 4. The third-order valence-corrected chi connectivity index (χ3v) is 4.82. The van der Waals surface area contributed by atoms with Gasteiger partial charge in [0, 0.05) is 26.7 Å². The van der Waals surface area contributed by atoms with Gasteiger partial charge in [-0.25, -0.2) is 0 Å². The number of benzene rings is 2. The minimum atomic E-state index is -0.354. The largest absolute Gasteiger partial charge is 0.465 e. The Morgan fingerprint density at radius 1 is 1.21 bits per heavy atom. The topological polar surface area (TPSA) is 48.3 Å². The van der Waals surface area contributed by atoms with Crippen LogP contribution in [-0.4, -0.2) is 17.1 Å². The van der Waals surface area contributed by atoms with E-state index in [1.807, 2.05) is 22.8 Å². The molecule has 4 nitrogen and oxygen atoms in total. The molecule has 0 aliphatic carbocycles. The van der Waals surface area contributed by atoms with E-state index in [4.69, 9.17) is 16.3 Å². The van der Waals surface area contributed by atoms with Gasteiger partial charge in [0.2, 0.25) is 0 Å². The molecule has 24 heavy (non-hydrogen) atoms. The highest BCUT2D eigenvalue weighted by Crippen LogP contribution is 2.29. The summed E-state index contributed by atoms with van der Waals surface area (Å²) >= 11 is 9.75. The van der Waals surface area contributed by atoms with Gasteiger partial charge in [-0.3, -0.25) is 9.59 Å². The molecule has 0 saturated carbocycles. The fraction of sp³-hybridized carbons (Fsp3) is 0.222. The van der Waals surface area contributed by atoms with Crippen molar-refractivity contribution in [1.29, 1.82) is 0 Å². The van der Waals surface area contributed by atoms with Gasteiger partial charge in [0.05, 0.1) is 17.6 Å². The van der Waals surface area contributed by atoms with Gasteiger partial charge in [-0.05, 0) is 31.2 Å². The summed E-state index contributed by atoms with van der Waals surface area (Å²) in [6.07, 6.45) is 0. The van der Waals surface area contributed by atoms with E-state index in [0.29, 0.717) is 38.8 Å². The molecule has 0 N–H and O–H groups in total. The molecule has 0 aliphatic heterocycles. The Kier molecular flexibility index (Phi) is 4.92. The highest BCUT2D eigenvalue weighted by Gasteiger charge is 2.17. The number of pyridine rings is 1. The van der Waals surface area contributed by atoms with E-state index in [1.165, 1.54) is 0 Å². The predicted octanol–water partition coefficient (Wildman–Crippen LogP) is 4.27. The lowest BCUT2D eigenvalue weighted by Gasteiger charge is -2.17. The first-order valence-corrected chi connectivity index (χ1v) is 9.02. The highest BCUT2D eigenvalue weighted by molar-refractivity contribution is 9.08. The fourth-order valence-corrected chi connectivity index (χ4v) is 3.85. The van der Waals surface area contributed by atoms with Crippen LogP contribution in [0.2, 0.25) is 5.02 Å². The number of halogens is 2. The summed E-state index contributed by atoms with van der Waals surface area (Å²) in [7, 11) is 0. The molecule has 3 rings (SSSR count). The number of hydrogen-bond donors (Lipinski definition) is 0. The summed E-state index contributed by atoms with van der Waals surface area (Å²) in [6.45, 7) is 2.09. The quantitative estimate of drug-likeness (QED) is 0.368. The summed E-state index contributed by atoms with van der Waals surface area (Å²) in [6, 6.07) is 10.7. The molecule has 0 saturated heterocycles. The first-order valence-electron chi connectivity index (χ1n) is 7.52. The van der Waals surface area contributed by atoms with Gasteiger partial charge in [-0.2, -0.15) is 0 Å². The van der Waals surface area contributed by atoms with Gasteiger partial charge in [0.15, 0.2) is 5.43 Å². The van der Waals surface area contributed by atoms with Crippen LogP contribution < -0.4 is 5.43 Å². The number of carbonyl (C=O) groups excluding carboxylic acids is 1. The molecule has 0 atom stereocenters. The Hall–Kier alpha value is -1.85. The molecular weight excluding hydrogens is 394 g/mol. The number of hydrogen-bond acceptors (Lipinski definition) is 3. The standard InChI is InChI=1S/C18H15BrClNO3/c1-2-24-16(22)10-21-15-6-4-3-5-11(15)18(23)12-7-8-14(20)13(9-19)17(12)21/h3-8H,2,9-10H2,1H3. The van der Waals surface area contributed by atoms with Crippen LogP contribution in [-0.2, 0) is 21.4 Å². The van der Waals surface area contributed by atoms with Gasteiger partial charge in [-0.15, -0.1) is 0 Å². The zero-order valence-corrected chi connectivity index (χ0v) is 15.4. The predicted molar refractivity (Wildman–Crippen MR) is 100.0 cm³/mol. The number of carbonyl (C=O) groups is 1. The number of alkyl halides is 1. The molecule has 3 aromatic rings. The summed E-state index contributed by atoms with van der Waals surface area (Å²) in [5.74, 6) is -0.354. The van der Waals surface area contributed by atoms with Crippen molar-refractivity contribution in [2.75, 3.05) is 6.61 Å². The van der Waals surface area contributed by atoms with Gasteiger partial charge >= 0.3 is 5.97 Å². The third-order valence-electron chi connectivity index (χ3n) is 3.91. The second kappa shape index (κ2) is 6.95. The van der Waals surface area contributed by atoms with E-state index >= 15 is 0 Å². The molecule has 0 spiro atoms. The Balaban J connectivity index is 2.46. The SMILES string of the molecule is CCOC(=O)Cn1c2ccccc2c(=O)c2ccc(Cl)c(CBr)c21. The van der Waals surface area contributed by atoms with E-state index in [9.17, 15) is 9.59 Å². The lowest BCUT2D eigenvalue weighted by atomic mass is 10.1. The molecule has 124 valence electrons. The summed E-state index contributed by atoms with van der Waals surface area (Å²) < 4.78 is 6.91. The second-order valence-electron chi connectivity index (χ2n) is 5.29. The maximum Gasteiger partial charge on any atom is 0.325 e. The Morgan fingerprint density at radius 2 is 1.96 bits per heavy atom. The maximum atomic E-state index is 12.8. The molecule has 0 aliphatic rings. The molecule has 0 radical (unpaired) electrons. The first-order chi connectivity index (χ1) is 11.6. The molecule has 0 amide bonds. The summed E-state index contributed by atoms with van der Waals surface area (Å²) in [4.78, 5) is 24.9. The Labute approximate surface area is 152 Å². The van der Waals surface area contributed by atoms with Crippen molar-refractivity contribution in [1.82, 2.24) is 4.57 Å². The fourth-order valence-electron chi connectivity index (χ4n) is 2.90. The lowest BCUT2D eigenvalue weighted by molar-refractivity contribution is -0.143. The van der Waals surface area contributed by atoms with Gasteiger partial charge in [-0.1, -0.05) is 39.7 Å². The van der Waals surface area contributed by atoms with E-state index in [0.717, 1.165) is 5.56 Å². The van der Waals surface area contributed by atoms with Crippen LogP contribution in [0.25, 0.3) is 21.8 Å². The van der Waals surface area contributed by atoms with E-state index < -0.39 is 0 Å². The molecule has 0 fully saturated rings. The number of ether oxygens (including phenoxy) is 1. The number of nitrogens with zero attached hydrogens (tertiary/aromatic N) is 1. The van der Waals surface area contributed by atoms with Gasteiger partial charge < -0.3 is 9.30 Å². The first kappa shape index (κ1) is 17.0. The minimum Gasteiger partial charge on any atom is -0.465 e. The average molecular weight is 409 g/mol. The van der Waals surface area contributed by atoms with Crippen LogP contribution in [0, 0.1) is 0 Å². The smallest absolute Gasteiger partial charge is 0.325 e. The molecule has 1 heterocycles. The van der Waals surface area contributed by atoms with Crippen molar-refractivity contribution < 1.29 is 9.53 Å². The van der Waals surface area contributed by atoms with Crippen LogP contribution >= 0.6 is 27.5 Å². The van der Waals surface area contributed by atoms with Crippen LogP contribution in [0.3, 0.4) is 0 Å². The number of aromatic nitrogens is 1. The van der Waals surface area contributed by atoms with Gasteiger partial charge in [0.25, 0.3) is 0 Å². The Morgan fingerprint density at radius 3 is 2.67 bits per heavy atom. The zero-order valence-electron chi connectivity index (χ0n) is 13.0. The monoisotopic (exact) mass is 407 g/mol. The third kappa shape index (κ3) is 2.82. The van der Waals surface area contributed by atoms with Crippen molar-refractivity contribution in [2.45, 2.75) is 18.8 Å². The van der Waals surface area contributed by atoms with Crippen molar-refractivity contribution in [2.24, 2.45) is 0 Å². The summed E-state index contributed by atoms with van der Waals surface area (Å²) in [5, 5.41) is 2.13. The minimum absolute atomic E-state index is 0.0193. The molecule has 1 aromatic heterocycles. The summed E-state index contributed by atoms with van der Waals surface area (Å²) in [5.41, 5.74) is 2.06. The Bertz CT molecular complexity index is 997. The van der Waals surface area contributed by atoms with Crippen LogP contribution in [0.4, 0.5) is 0 Å². The van der Waals surface area contributed by atoms with Gasteiger partial charge in [0.1, 0.15) is 6.54 Å². The van der Waals surface area contributed by atoms with Crippen molar-refractivity contribution in [3.05, 3.63) is 57.2 Å². The van der Waals surface area contributed by atoms with Crippen LogP contribution in [0.15, 0.2) is 41.2 Å². The molecule has 2 aromatic carbocycles. The molecule has 0 unspecified atom stereocenters. The number of esters is 1. The molecule has 0 bridgehead atoms. The normalized spacial score (nSPS) is 11.1. The van der Waals surface area contributed by atoms with Crippen LogP contribution in [0.5, 0.6) is 0 Å². The molecule has 6 heteroatoms. The van der Waals surface area contributed by atoms with Crippen molar-refractivity contribution in [3.8, 4) is 0 Å². The van der Waals surface area contributed by atoms with E-state index in [-0.39, 0.29) is 17.9 Å². The average Bonchev–Trinajstić information content (AvgIpc) is 2.58. The van der Waals surface area contributed by atoms with Crippen molar-refractivity contribution >= 4 is 55.3 Å². The van der Waals surface area contributed by atoms with E-state index in [1.54, 1.807) is 25.1 Å². The maximum absolute atomic E-state index is 12.8. The van der Waals surface area contributed by atoms with Crippen LogP contribution in [0.1, 0.15) is 12.5 Å². The molecular formula is C18H15BrClNO3. The number of fused-ring (bicyclic) bond motifs is 2. The zero-order chi connectivity index (χ0) is 17.3. The van der Waals surface area contributed by atoms with E-state index in [2.05, 4.69) is 15.9 Å². The number of para-hydroxylation sites is 1. The highest BCUT2D eigenvalue weighted by atomic mass is 79.9. The second-order valence-corrected chi connectivity index (χ2v) is 6.26. The lowest BCUT2D eigenvalue weighted by Crippen LogP contribution is -2.19. The van der Waals surface area contributed by atoms with Crippen molar-refractivity contribution in [3.63, 3.8) is 0 Å².